The number of anilines is 1. The lowest BCUT2D eigenvalue weighted by Crippen LogP contribution is -2.44. The van der Waals surface area contributed by atoms with Crippen molar-refractivity contribution in [2.45, 2.75) is 18.9 Å². The number of hydrogen-bond acceptors (Lipinski definition) is 4. The van der Waals surface area contributed by atoms with Gasteiger partial charge >= 0.3 is 0 Å². The van der Waals surface area contributed by atoms with Gasteiger partial charge in [-0.05, 0) is 36.4 Å². The number of piperidine rings is 1. The summed E-state index contributed by atoms with van der Waals surface area (Å²) in [6.07, 6.45) is 1.85. The van der Waals surface area contributed by atoms with E-state index in [9.17, 15) is 4.79 Å². The smallest absolute Gasteiger partial charge is 0.241 e. The lowest BCUT2D eigenvalue weighted by molar-refractivity contribution is -0.131. The van der Waals surface area contributed by atoms with Crippen molar-refractivity contribution in [1.82, 2.24) is 4.90 Å². The first-order valence-electron chi connectivity index (χ1n) is 8.48. The molecule has 1 saturated heterocycles. The zero-order chi connectivity index (χ0) is 17.5. The number of nitrogens with zero attached hydrogens (tertiary/aromatic N) is 2. The highest BCUT2D eigenvalue weighted by Crippen LogP contribution is 2.18. The summed E-state index contributed by atoms with van der Waals surface area (Å²) >= 11 is 0. The molecule has 0 spiro atoms. The minimum Gasteiger partial charge on any atom is -0.490 e. The van der Waals surface area contributed by atoms with Crippen LogP contribution in [-0.4, -0.2) is 36.5 Å². The molecule has 0 radical (unpaired) electrons. The van der Waals surface area contributed by atoms with Crippen LogP contribution in [0.4, 0.5) is 5.69 Å². The predicted octanol–water partition coefficient (Wildman–Crippen LogP) is 3.04. The highest BCUT2D eigenvalue weighted by atomic mass is 16.5. The molecule has 128 valence electrons. The molecule has 2 aromatic carbocycles. The van der Waals surface area contributed by atoms with Crippen molar-refractivity contribution in [2.24, 2.45) is 0 Å². The van der Waals surface area contributed by atoms with Crippen LogP contribution >= 0.6 is 0 Å². The summed E-state index contributed by atoms with van der Waals surface area (Å²) in [6.45, 7) is 1.69. The van der Waals surface area contributed by atoms with Gasteiger partial charge in [-0.25, -0.2) is 0 Å². The maximum Gasteiger partial charge on any atom is 0.241 e. The van der Waals surface area contributed by atoms with Gasteiger partial charge in [-0.3, -0.25) is 4.79 Å². The van der Waals surface area contributed by atoms with Crippen molar-refractivity contribution in [3.05, 3.63) is 60.2 Å². The number of benzene rings is 2. The van der Waals surface area contributed by atoms with Crippen LogP contribution in [0, 0.1) is 11.3 Å². The van der Waals surface area contributed by atoms with Crippen LogP contribution in [0.1, 0.15) is 18.4 Å². The topological polar surface area (TPSA) is 65.4 Å². The van der Waals surface area contributed by atoms with Crippen molar-refractivity contribution < 1.29 is 9.53 Å². The molecule has 1 aliphatic rings. The van der Waals surface area contributed by atoms with Gasteiger partial charge in [0.1, 0.15) is 11.9 Å². The van der Waals surface area contributed by atoms with Crippen molar-refractivity contribution in [3.63, 3.8) is 0 Å². The van der Waals surface area contributed by atoms with Crippen LogP contribution in [0.3, 0.4) is 0 Å². The number of rotatable bonds is 5. The molecule has 5 heteroatoms. The predicted molar refractivity (Wildman–Crippen MR) is 96.3 cm³/mol. The largest absolute Gasteiger partial charge is 0.490 e. The lowest BCUT2D eigenvalue weighted by Gasteiger charge is -2.32. The molecule has 0 bridgehead atoms. The van der Waals surface area contributed by atoms with Crippen LogP contribution in [0.5, 0.6) is 5.75 Å². The fourth-order valence-electron chi connectivity index (χ4n) is 2.87. The number of carbonyl (C=O) groups is 1. The molecule has 1 heterocycles. The summed E-state index contributed by atoms with van der Waals surface area (Å²) in [5, 5.41) is 11.9. The van der Waals surface area contributed by atoms with Crippen molar-refractivity contribution in [1.29, 1.82) is 5.26 Å². The number of nitrogens with one attached hydrogen (secondary N) is 1. The summed E-state index contributed by atoms with van der Waals surface area (Å²) in [6, 6.07) is 19.0. The summed E-state index contributed by atoms with van der Waals surface area (Å²) in [4.78, 5) is 14.2. The van der Waals surface area contributed by atoms with E-state index in [1.807, 2.05) is 47.4 Å². The first-order chi connectivity index (χ1) is 12.2. The Kier molecular flexibility index (Phi) is 5.53. The van der Waals surface area contributed by atoms with Gasteiger partial charge in [0.05, 0.1) is 18.2 Å². The van der Waals surface area contributed by atoms with E-state index in [2.05, 4.69) is 11.4 Å². The molecule has 2 aromatic rings. The van der Waals surface area contributed by atoms with Gasteiger partial charge in [-0.2, -0.15) is 5.26 Å². The fraction of sp³-hybridized carbons (Fsp3) is 0.300. The van der Waals surface area contributed by atoms with E-state index in [1.165, 1.54) is 0 Å². The van der Waals surface area contributed by atoms with Crippen LogP contribution < -0.4 is 10.1 Å². The second-order valence-corrected chi connectivity index (χ2v) is 6.05. The first-order valence-corrected chi connectivity index (χ1v) is 8.48. The monoisotopic (exact) mass is 335 g/mol. The Bertz CT molecular complexity index is 730. The molecule has 0 unspecified atom stereocenters. The minimum atomic E-state index is 0.0857. The SMILES string of the molecule is N#Cc1ccc(NCC(=O)N2CCC(Oc3ccccc3)CC2)cc1. The zero-order valence-corrected chi connectivity index (χ0v) is 14.0. The van der Waals surface area contributed by atoms with E-state index in [-0.39, 0.29) is 18.6 Å². The van der Waals surface area contributed by atoms with Gasteiger partial charge in [0.25, 0.3) is 0 Å². The molecular formula is C20H21N3O2. The number of nitriles is 1. The maximum atomic E-state index is 12.3. The quantitative estimate of drug-likeness (QED) is 0.912. The third kappa shape index (κ3) is 4.74. The Hall–Kier alpha value is -3.00. The number of likely N-dealkylation sites (tertiary alicyclic amines) is 1. The van der Waals surface area contributed by atoms with Crippen LogP contribution in [0.2, 0.25) is 0 Å². The Balaban J connectivity index is 1.42. The van der Waals surface area contributed by atoms with Gasteiger partial charge < -0.3 is 15.0 Å². The zero-order valence-electron chi connectivity index (χ0n) is 14.0. The molecule has 0 saturated carbocycles. The van der Waals surface area contributed by atoms with Gasteiger partial charge in [0.15, 0.2) is 0 Å². The molecule has 1 aliphatic heterocycles. The van der Waals surface area contributed by atoms with Crippen molar-refractivity contribution in [2.75, 3.05) is 25.0 Å². The van der Waals surface area contributed by atoms with E-state index in [0.717, 1.165) is 24.3 Å². The van der Waals surface area contributed by atoms with E-state index < -0.39 is 0 Å². The van der Waals surface area contributed by atoms with E-state index in [4.69, 9.17) is 10.00 Å². The Morgan fingerprint density at radius 2 is 1.80 bits per heavy atom. The number of ether oxygens (including phenoxy) is 1. The molecular weight excluding hydrogens is 314 g/mol. The molecule has 5 nitrogen and oxygen atoms in total. The number of para-hydroxylation sites is 1. The summed E-state index contributed by atoms with van der Waals surface area (Å²) in [5.41, 5.74) is 1.45. The maximum absolute atomic E-state index is 12.3. The van der Waals surface area contributed by atoms with Crippen molar-refractivity contribution in [3.8, 4) is 11.8 Å². The molecule has 0 aliphatic carbocycles. The van der Waals surface area contributed by atoms with Gasteiger partial charge in [-0.1, -0.05) is 18.2 Å². The first kappa shape index (κ1) is 16.8. The Morgan fingerprint density at radius 1 is 1.12 bits per heavy atom. The van der Waals surface area contributed by atoms with E-state index in [1.54, 1.807) is 12.1 Å². The molecule has 1 N–H and O–H groups in total. The number of carbonyl (C=O) groups excluding carboxylic acids is 1. The van der Waals surface area contributed by atoms with Gasteiger partial charge in [0.2, 0.25) is 5.91 Å². The standard InChI is InChI=1S/C20H21N3O2/c21-14-16-6-8-17(9-7-16)22-15-20(24)23-12-10-19(11-13-23)25-18-4-2-1-3-5-18/h1-9,19,22H,10-13,15H2. The summed E-state index contributed by atoms with van der Waals surface area (Å²) in [7, 11) is 0. The molecule has 0 aromatic heterocycles. The second kappa shape index (κ2) is 8.20. The fourth-order valence-corrected chi connectivity index (χ4v) is 2.87. The molecule has 3 rings (SSSR count). The Labute approximate surface area is 147 Å². The average molecular weight is 335 g/mol. The molecule has 25 heavy (non-hydrogen) atoms. The Morgan fingerprint density at radius 3 is 2.44 bits per heavy atom. The second-order valence-electron chi connectivity index (χ2n) is 6.05. The van der Waals surface area contributed by atoms with Crippen molar-refractivity contribution >= 4 is 11.6 Å². The van der Waals surface area contributed by atoms with Crippen LogP contribution in [0.25, 0.3) is 0 Å². The van der Waals surface area contributed by atoms with Crippen LogP contribution in [0.15, 0.2) is 54.6 Å². The third-order valence-electron chi connectivity index (χ3n) is 4.30. The molecule has 0 atom stereocenters. The highest BCUT2D eigenvalue weighted by Gasteiger charge is 2.23. The number of hydrogen-bond donors (Lipinski definition) is 1. The average Bonchev–Trinajstić information content (AvgIpc) is 2.68. The van der Waals surface area contributed by atoms with E-state index >= 15 is 0 Å². The number of amides is 1. The highest BCUT2D eigenvalue weighted by molar-refractivity contribution is 5.81. The summed E-state index contributed by atoms with van der Waals surface area (Å²) in [5.74, 6) is 0.970. The third-order valence-corrected chi connectivity index (χ3v) is 4.30. The van der Waals surface area contributed by atoms with Gasteiger partial charge in [0, 0.05) is 31.6 Å². The minimum absolute atomic E-state index is 0.0857. The lowest BCUT2D eigenvalue weighted by atomic mass is 10.1. The van der Waals surface area contributed by atoms with E-state index in [0.29, 0.717) is 18.7 Å². The van der Waals surface area contributed by atoms with Crippen LogP contribution in [-0.2, 0) is 4.79 Å². The molecule has 1 amide bonds. The van der Waals surface area contributed by atoms with Gasteiger partial charge in [-0.15, -0.1) is 0 Å². The molecule has 1 fully saturated rings. The summed E-state index contributed by atoms with van der Waals surface area (Å²) < 4.78 is 5.95. The normalized spacial score (nSPS) is 14.6.